The number of carbonyl (C=O) groups is 1. The van der Waals surface area contributed by atoms with Gasteiger partial charge in [-0.2, -0.15) is 0 Å². The minimum atomic E-state index is -0.899. The number of nitrogens with one attached hydrogen (secondary N) is 2. The normalized spacial score (nSPS) is 24.3. The van der Waals surface area contributed by atoms with Crippen molar-refractivity contribution in [2.75, 3.05) is 20.2 Å². The number of halogens is 1. The van der Waals surface area contributed by atoms with Gasteiger partial charge in [-0.05, 0) is 37.6 Å². The van der Waals surface area contributed by atoms with Gasteiger partial charge in [0.15, 0.2) is 11.6 Å². The van der Waals surface area contributed by atoms with Crippen LogP contribution in [0.15, 0.2) is 18.2 Å². The van der Waals surface area contributed by atoms with Crippen LogP contribution in [0.1, 0.15) is 18.9 Å². The van der Waals surface area contributed by atoms with Crippen molar-refractivity contribution in [2.24, 2.45) is 0 Å². The van der Waals surface area contributed by atoms with Crippen LogP contribution in [-0.4, -0.2) is 26.1 Å². The molecule has 98 valence electrons. The van der Waals surface area contributed by atoms with Crippen LogP contribution in [0.25, 0.3) is 0 Å². The van der Waals surface area contributed by atoms with E-state index in [4.69, 9.17) is 4.74 Å². The lowest BCUT2D eigenvalue weighted by atomic mass is 9.91. The molecule has 0 radical (unpaired) electrons. The van der Waals surface area contributed by atoms with Gasteiger partial charge in [0, 0.05) is 6.54 Å². The third-order valence-corrected chi connectivity index (χ3v) is 3.30. The van der Waals surface area contributed by atoms with Crippen LogP contribution in [0.4, 0.5) is 4.39 Å². The molecule has 1 atom stereocenters. The number of hydrogen-bond donors (Lipinski definition) is 2. The molecule has 1 aliphatic heterocycles. The summed E-state index contributed by atoms with van der Waals surface area (Å²) < 4.78 is 18.6. The van der Waals surface area contributed by atoms with E-state index < -0.39 is 11.4 Å². The first-order valence-electron chi connectivity index (χ1n) is 5.95. The highest BCUT2D eigenvalue weighted by atomic mass is 19.1. The number of hydrogen-bond acceptors (Lipinski definition) is 3. The van der Waals surface area contributed by atoms with Crippen LogP contribution in [0.3, 0.4) is 0 Å². The van der Waals surface area contributed by atoms with Crippen molar-refractivity contribution in [3.8, 4) is 5.75 Å². The standard InChI is InChI=1S/C13H17FN2O2/c1-13(12(17)15-6-3-7-16-13)9-4-5-11(18-2)10(14)8-9/h4-5,8,16H,3,6-7H2,1-2H3,(H,15,17). The van der Waals surface area contributed by atoms with Gasteiger partial charge in [-0.1, -0.05) is 6.07 Å². The Morgan fingerprint density at radius 1 is 1.39 bits per heavy atom. The predicted octanol–water partition coefficient (Wildman–Crippen LogP) is 1.16. The Morgan fingerprint density at radius 2 is 2.17 bits per heavy atom. The second-order valence-corrected chi connectivity index (χ2v) is 4.51. The zero-order chi connectivity index (χ0) is 13.2. The molecule has 18 heavy (non-hydrogen) atoms. The minimum Gasteiger partial charge on any atom is -0.494 e. The summed E-state index contributed by atoms with van der Waals surface area (Å²) in [5.74, 6) is -0.420. The molecule has 2 N–H and O–H groups in total. The van der Waals surface area contributed by atoms with E-state index in [1.54, 1.807) is 13.0 Å². The average Bonchev–Trinajstić information content (AvgIpc) is 2.53. The van der Waals surface area contributed by atoms with Crippen LogP contribution in [0, 0.1) is 5.82 Å². The molecule has 0 saturated carbocycles. The maximum Gasteiger partial charge on any atom is 0.244 e. The number of ether oxygens (including phenoxy) is 1. The number of carbonyl (C=O) groups excluding carboxylic acids is 1. The van der Waals surface area contributed by atoms with E-state index in [0.29, 0.717) is 18.7 Å². The summed E-state index contributed by atoms with van der Waals surface area (Å²) in [4.78, 5) is 12.1. The van der Waals surface area contributed by atoms with Crippen molar-refractivity contribution in [2.45, 2.75) is 18.9 Å². The molecule has 1 aromatic carbocycles. The molecule has 4 nitrogen and oxygen atoms in total. The molecule has 1 fully saturated rings. The highest BCUT2D eigenvalue weighted by molar-refractivity contribution is 5.87. The smallest absolute Gasteiger partial charge is 0.244 e. The quantitative estimate of drug-likeness (QED) is 0.830. The summed E-state index contributed by atoms with van der Waals surface area (Å²) in [6, 6.07) is 4.59. The minimum absolute atomic E-state index is 0.135. The van der Waals surface area contributed by atoms with Gasteiger partial charge in [0.05, 0.1) is 7.11 Å². The molecule has 0 bridgehead atoms. The van der Waals surface area contributed by atoms with Crippen molar-refractivity contribution >= 4 is 5.91 Å². The van der Waals surface area contributed by atoms with Crippen LogP contribution >= 0.6 is 0 Å². The summed E-state index contributed by atoms with van der Waals surface area (Å²) >= 11 is 0. The van der Waals surface area contributed by atoms with E-state index in [1.165, 1.54) is 19.2 Å². The Labute approximate surface area is 106 Å². The first-order valence-corrected chi connectivity index (χ1v) is 5.95. The van der Waals surface area contributed by atoms with Gasteiger partial charge >= 0.3 is 0 Å². The van der Waals surface area contributed by atoms with Crippen LogP contribution < -0.4 is 15.4 Å². The van der Waals surface area contributed by atoms with E-state index in [1.807, 2.05) is 0 Å². The molecule has 0 aromatic heterocycles. The van der Waals surface area contributed by atoms with E-state index >= 15 is 0 Å². The molecule has 1 amide bonds. The van der Waals surface area contributed by atoms with Crippen molar-refractivity contribution in [3.05, 3.63) is 29.6 Å². The largest absolute Gasteiger partial charge is 0.494 e. The first kappa shape index (κ1) is 12.8. The molecule has 2 rings (SSSR count). The molecular weight excluding hydrogens is 235 g/mol. The molecule has 1 heterocycles. The zero-order valence-electron chi connectivity index (χ0n) is 10.5. The maximum atomic E-state index is 13.7. The van der Waals surface area contributed by atoms with Crippen molar-refractivity contribution in [3.63, 3.8) is 0 Å². The summed E-state index contributed by atoms with van der Waals surface area (Å²) in [6.45, 7) is 3.11. The van der Waals surface area contributed by atoms with Gasteiger partial charge in [-0.25, -0.2) is 4.39 Å². The summed E-state index contributed by atoms with van der Waals surface area (Å²) in [7, 11) is 1.41. The Morgan fingerprint density at radius 3 is 2.83 bits per heavy atom. The van der Waals surface area contributed by atoms with E-state index in [2.05, 4.69) is 10.6 Å². The molecular formula is C13H17FN2O2. The summed E-state index contributed by atoms with van der Waals surface area (Å²) in [5, 5.41) is 6.00. The molecule has 1 aromatic rings. The second-order valence-electron chi connectivity index (χ2n) is 4.51. The fourth-order valence-electron chi connectivity index (χ4n) is 2.10. The molecule has 0 spiro atoms. The highest BCUT2D eigenvalue weighted by Crippen LogP contribution is 2.27. The van der Waals surface area contributed by atoms with Gasteiger partial charge in [0.2, 0.25) is 5.91 Å². The van der Waals surface area contributed by atoms with E-state index in [9.17, 15) is 9.18 Å². The Kier molecular flexibility index (Phi) is 3.52. The van der Waals surface area contributed by atoms with Crippen LogP contribution in [-0.2, 0) is 10.3 Å². The van der Waals surface area contributed by atoms with Crippen LogP contribution in [0.5, 0.6) is 5.75 Å². The first-order chi connectivity index (χ1) is 8.58. The summed E-state index contributed by atoms with van der Waals surface area (Å²) in [5.41, 5.74) is -0.302. The fourth-order valence-corrected chi connectivity index (χ4v) is 2.10. The Hall–Kier alpha value is -1.62. The average molecular weight is 252 g/mol. The van der Waals surface area contributed by atoms with Gasteiger partial charge < -0.3 is 10.1 Å². The molecule has 1 aliphatic rings. The lowest BCUT2D eigenvalue weighted by Crippen LogP contribution is -2.50. The molecule has 1 saturated heterocycles. The molecule has 5 heteroatoms. The zero-order valence-corrected chi connectivity index (χ0v) is 10.5. The topological polar surface area (TPSA) is 50.4 Å². The maximum absolute atomic E-state index is 13.7. The van der Waals surface area contributed by atoms with Gasteiger partial charge in [-0.15, -0.1) is 0 Å². The third kappa shape index (κ3) is 2.18. The lowest BCUT2D eigenvalue weighted by molar-refractivity contribution is -0.126. The number of methoxy groups -OCH3 is 1. The van der Waals surface area contributed by atoms with Crippen molar-refractivity contribution in [1.29, 1.82) is 0 Å². The predicted molar refractivity (Wildman–Crippen MR) is 65.9 cm³/mol. The SMILES string of the molecule is COc1ccc(C2(C)NCCCNC2=O)cc1F. The van der Waals surface area contributed by atoms with Gasteiger partial charge in [0.25, 0.3) is 0 Å². The van der Waals surface area contributed by atoms with Gasteiger partial charge in [0.1, 0.15) is 5.54 Å². The lowest BCUT2D eigenvalue weighted by Gasteiger charge is -2.28. The van der Waals surface area contributed by atoms with Crippen LogP contribution in [0.2, 0.25) is 0 Å². The number of amides is 1. The van der Waals surface area contributed by atoms with Crippen molar-refractivity contribution < 1.29 is 13.9 Å². The number of benzene rings is 1. The fraction of sp³-hybridized carbons (Fsp3) is 0.462. The Balaban J connectivity index is 2.39. The number of rotatable bonds is 2. The van der Waals surface area contributed by atoms with Gasteiger partial charge in [-0.3, -0.25) is 10.1 Å². The monoisotopic (exact) mass is 252 g/mol. The highest BCUT2D eigenvalue weighted by Gasteiger charge is 2.36. The van der Waals surface area contributed by atoms with Crippen molar-refractivity contribution in [1.82, 2.24) is 10.6 Å². The third-order valence-electron chi connectivity index (χ3n) is 3.30. The Bertz CT molecular complexity index is 464. The van der Waals surface area contributed by atoms with E-state index in [-0.39, 0.29) is 11.7 Å². The second kappa shape index (κ2) is 4.94. The molecule has 1 unspecified atom stereocenters. The summed E-state index contributed by atoms with van der Waals surface area (Å²) in [6.07, 6.45) is 0.861. The molecule has 0 aliphatic carbocycles. The van der Waals surface area contributed by atoms with E-state index in [0.717, 1.165) is 6.42 Å².